The average molecular weight is 452 g/mol. The van der Waals surface area contributed by atoms with Gasteiger partial charge in [0.15, 0.2) is 11.5 Å². The minimum absolute atomic E-state index is 0.0197. The third-order valence-electron chi connectivity index (χ3n) is 7.08. The van der Waals surface area contributed by atoms with Gasteiger partial charge < -0.3 is 18.9 Å². The third kappa shape index (κ3) is 3.76. The number of anilines is 1. The number of ether oxygens (including phenoxy) is 2. The lowest BCUT2D eigenvalue weighted by Crippen LogP contribution is -2.57. The molecule has 2 aromatic heterocycles. The van der Waals surface area contributed by atoms with Gasteiger partial charge in [-0.3, -0.25) is 14.8 Å². The number of fused-ring (bicyclic) bond motifs is 2. The molecule has 3 aromatic rings. The van der Waals surface area contributed by atoms with E-state index in [1.807, 2.05) is 19.9 Å². The van der Waals surface area contributed by atoms with E-state index < -0.39 is 0 Å². The zero-order chi connectivity index (χ0) is 23.5. The number of nitrogens with zero attached hydrogens (tertiary/aromatic N) is 4. The molecule has 176 valence electrons. The number of aromatic amines is 1. The van der Waals surface area contributed by atoms with Crippen molar-refractivity contribution >= 4 is 16.7 Å². The molecule has 0 aliphatic carbocycles. The number of hydrogen-bond acceptors (Lipinski definition) is 6. The molecule has 0 radical (unpaired) electrons. The maximum atomic E-state index is 12.6. The number of piperazine rings is 1. The minimum Gasteiger partial charge on any atom is -0.486 e. The van der Waals surface area contributed by atoms with Crippen LogP contribution in [0.3, 0.4) is 0 Å². The van der Waals surface area contributed by atoms with Crippen LogP contribution in [0.2, 0.25) is 0 Å². The van der Waals surface area contributed by atoms with Crippen molar-refractivity contribution in [2.45, 2.75) is 58.3 Å². The first kappa shape index (κ1) is 21.8. The quantitative estimate of drug-likeness (QED) is 0.657. The summed E-state index contributed by atoms with van der Waals surface area (Å²) >= 11 is 0. The summed E-state index contributed by atoms with van der Waals surface area (Å²) in [4.78, 5) is 17.4. The van der Waals surface area contributed by atoms with E-state index in [0.717, 1.165) is 41.3 Å². The lowest BCUT2D eigenvalue weighted by Gasteiger charge is -2.47. The number of hydrogen-bond donors (Lipinski definition) is 1. The number of H-pyrrole nitrogens is 1. The van der Waals surface area contributed by atoms with Crippen molar-refractivity contribution in [3.8, 4) is 11.5 Å². The van der Waals surface area contributed by atoms with E-state index in [9.17, 15) is 4.79 Å². The highest BCUT2D eigenvalue weighted by atomic mass is 16.6. The van der Waals surface area contributed by atoms with E-state index in [2.05, 4.69) is 52.9 Å². The molecule has 8 nitrogen and oxygen atoms in total. The molecule has 0 amide bonds. The van der Waals surface area contributed by atoms with Crippen LogP contribution >= 0.6 is 0 Å². The molecule has 0 bridgehead atoms. The monoisotopic (exact) mass is 451 g/mol. The lowest BCUT2D eigenvalue weighted by molar-refractivity contribution is 0.0209. The molecule has 1 unspecified atom stereocenters. The number of pyridine rings is 1. The zero-order valence-corrected chi connectivity index (χ0v) is 20.3. The van der Waals surface area contributed by atoms with Crippen LogP contribution in [-0.2, 0) is 7.05 Å². The van der Waals surface area contributed by atoms with Gasteiger partial charge in [0.1, 0.15) is 17.7 Å². The van der Waals surface area contributed by atoms with E-state index in [4.69, 9.17) is 9.47 Å². The van der Waals surface area contributed by atoms with Gasteiger partial charge in [0.05, 0.1) is 17.4 Å². The van der Waals surface area contributed by atoms with Crippen LogP contribution in [-0.4, -0.2) is 57.0 Å². The summed E-state index contributed by atoms with van der Waals surface area (Å²) in [6.45, 7) is 13.1. The molecular weight excluding hydrogens is 418 g/mol. The maximum Gasteiger partial charge on any atom is 0.252 e. The topological polar surface area (TPSA) is 75.6 Å². The van der Waals surface area contributed by atoms with Gasteiger partial charge in [0, 0.05) is 44.3 Å². The number of aryl methyl sites for hydroxylation is 1. The van der Waals surface area contributed by atoms with Crippen molar-refractivity contribution in [2.24, 2.45) is 7.05 Å². The normalized spacial score (nSPS) is 23.6. The molecule has 1 fully saturated rings. The van der Waals surface area contributed by atoms with E-state index in [0.29, 0.717) is 12.6 Å². The standard InChI is InChI=1S/C25H33N5O3/c1-15-13-30(19-10-23(31)28(6)20-11-26-27-24(19)20)16(2)12-29(15)17(3)18-7-8-21-22(9-18)33-25(4,5)14-32-21/h7-11,15-17H,12-14H2,1-6H3,(H,26,27)/t15-,16+,17?/m1/s1. The lowest BCUT2D eigenvalue weighted by atomic mass is 9.99. The summed E-state index contributed by atoms with van der Waals surface area (Å²) in [5.41, 5.74) is 3.53. The van der Waals surface area contributed by atoms with Gasteiger partial charge in [-0.2, -0.15) is 5.10 Å². The summed E-state index contributed by atoms with van der Waals surface area (Å²) in [5.74, 6) is 1.63. The molecule has 2 aliphatic rings. The van der Waals surface area contributed by atoms with Gasteiger partial charge in [-0.05, 0) is 52.3 Å². The van der Waals surface area contributed by atoms with Gasteiger partial charge in [-0.15, -0.1) is 0 Å². The molecule has 5 rings (SSSR count). The molecule has 33 heavy (non-hydrogen) atoms. The van der Waals surface area contributed by atoms with Gasteiger partial charge in [-0.25, -0.2) is 0 Å². The number of benzene rings is 1. The third-order valence-corrected chi connectivity index (χ3v) is 7.08. The van der Waals surface area contributed by atoms with E-state index in [1.54, 1.807) is 23.9 Å². The second-order valence-electron chi connectivity index (χ2n) is 10.1. The summed E-state index contributed by atoms with van der Waals surface area (Å²) in [5, 5.41) is 7.28. The minimum atomic E-state index is -0.326. The van der Waals surface area contributed by atoms with Crippen LogP contribution in [0.25, 0.3) is 11.0 Å². The van der Waals surface area contributed by atoms with Gasteiger partial charge in [-0.1, -0.05) is 6.07 Å². The zero-order valence-electron chi connectivity index (χ0n) is 20.3. The SMILES string of the molecule is CC(c1ccc2c(c1)OC(C)(C)CO2)N1C[C@H](C)N(c2cc(=O)n(C)c3cn[nH]c23)C[C@H]1C. The highest BCUT2D eigenvalue weighted by Gasteiger charge is 2.35. The molecule has 2 aliphatic heterocycles. The first-order valence-corrected chi connectivity index (χ1v) is 11.7. The molecule has 3 atom stereocenters. The molecule has 8 heteroatoms. The molecule has 0 saturated carbocycles. The van der Waals surface area contributed by atoms with Gasteiger partial charge >= 0.3 is 0 Å². The Balaban J connectivity index is 1.40. The highest BCUT2D eigenvalue weighted by Crippen LogP contribution is 2.39. The van der Waals surface area contributed by atoms with Crippen molar-refractivity contribution in [3.05, 3.63) is 46.4 Å². The Morgan fingerprint density at radius 1 is 1.15 bits per heavy atom. The predicted molar refractivity (Wildman–Crippen MR) is 129 cm³/mol. The average Bonchev–Trinajstić information content (AvgIpc) is 3.26. The highest BCUT2D eigenvalue weighted by molar-refractivity contribution is 5.88. The van der Waals surface area contributed by atoms with Crippen molar-refractivity contribution in [3.63, 3.8) is 0 Å². The van der Waals surface area contributed by atoms with Crippen molar-refractivity contribution in [2.75, 3.05) is 24.6 Å². The fourth-order valence-electron chi connectivity index (χ4n) is 5.14. The van der Waals surface area contributed by atoms with Gasteiger partial charge in [0.2, 0.25) is 0 Å². The first-order valence-electron chi connectivity index (χ1n) is 11.7. The smallest absolute Gasteiger partial charge is 0.252 e. The van der Waals surface area contributed by atoms with Crippen LogP contribution in [0.4, 0.5) is 5.69 Å². The second kappa shape index (κ2) is 7.80. The van der Waals surface area contributed by atoms with E-state index in [-0.39, 0.29) is 23.2 Å². The second-order valence-corrected chi connectivity index (χ2v) is 10.1. The van der Waals surface area contributed by atoms with Crippen LogP contribution in [0, 0.1) is 0 Å². The molecule has 4 heterocycles. The predicted octanol–water partition coefficient (Wildman–Crippen LogP) is 3.47. The summed E-state index contributed by atoms with van der Waals surface area (Å²) < 4.78 is 13.7. The summed E-state index contributed by atoms with van der Waals surface area (Å²) in [6, 6.07) is 8.77. The molecule has 1 N–H and O–H groups in total. The summed E-state index contributed by atoms with van der Waals surface area (Å²) in [7, 11) is 1.78. The van der Waals surface area contributed by atoms with Crippen LogP contribution in [0.15, 0.2) is 35.3 Å². The van der Waals surface area contributed by atoms with Crippen LogP contribution < -0.4 is 19.9 Å². The maximum absolute atomic E-state index is 12.6. The van der Waals surface area contributed by atoms with E-state index in [1.165, 1.54) is 5.56 Å². The van der Waals surface area contributed by atoms with Crippen LogP contribution in [0.1, 0.15) is 46.2 Å². The Bertz CT molecular complexity index is 1250. The van der Waals surface area contributed by atoms with Crippen molar-refractivity contribution < 1.29 is 9.47 Å². The Morgan fingerprint density at radius 2 is 1.94 bits per heavy atom. The number of rotatable bonds is 3. The van der Waals surface area contributed by atoms with Crippen molar-refractivity contribution in [1.29, 1.82) is 0 Å². The Morgan fingerprint density at radius 3 is 2.73 bits per heavy atom. The fraction of sp³-hybridized carbons (Fsp3) is 0.520. The number of aromatic nitrogens is 3. The number of nitrogens with one attached hydrogen (secondary N) is 1. The Kier molecular flexibility index (Phi) is 5.16. The van der Waals surface area contributed by atoms with E-state index >= 15 is 0 Å². The van der Waals surface area contributed by atoms with Crippen LogP contribution in [0.5, 0.6) is 11.5 Å². The molecule has 1 aromatic carbocycles. The molecule has 0 spiro atoms. The molecular formula is C25H33N5O3. The largest absolute Gasteiger partial charge is 0.486 e. The fourth-order valence-corrected chi connectivity index (χ4v) is 5.14. The Labute approximate surface area is 194 Å². The van der Waals surface area contributed by atoms with Crippen molar-refractivity contribution in [1.82, 2.24) is 19.7 Å². The first-order chi connectivity index (χ1) is 15.6. The molecule has 1 saturated heterocycles. The van der Waals surface area contributed by atoms with Gasteiger partial charge in [0.25, 0.3) is 5.56 Å². The summed E-state index contributed by atoms with van der Waals surface area (Å²) in [6.07, 6.45) is 1.72. The Hall–Kier alpha value is -3.00.